The average Bonchev–Trinajstić information content (AvgIpc) is 2.71. The van der Waals surface area contributed by atoms with Crippen LogP contribution in [-0.2, 0) is 4.79 Å². The van der Waals surface area contributed by atoms with E-state index in [0.717, 1.165) is 0 Å². The summed E-state index contributed by atoms with van der Waals surface area (Å²) in [6.07, 6.45) is 1.70. The molecule has 0 radical (unpaired) electrons. The first-order chi connectivity index (χ1) is 10.4. The van der Waals surface area contributed by atoms with Gasteiger partial charge in [-0.05, 0) is 36.8 Å². The van der Waals surface area contributed by atoms with Crippen molar-refractivity contribution >= 4 is 40.9 Å². The van der Waals surface area contributed by atoms with Gasteiger partial charge in [0, 0.05) is 19.7 Å². The summed E-state index contributed by atoms with van der Waals surface area (Å²) in [5, 5.41) is 0.947. The fourth-order valence-corrected chi connectivity index (χ4v) is 2.74. The van der Waals surface area contributed by atoms with E-state index in [9.17, 15) is 4.79 Å². The van der Waals surface area contributed by atoms with E-state index in [1.807, 2.05) is 6.92 Å². The molecule has 1 aliphatic heterocycles. The Balaban J connectivity index is 2.49. The minimum atomic E-state index is -0.138. The highest BCUT2D eigenvalue weighted by atomic mass is 35.5. The zero-order chi connectivity index (χ0) is 16.4. The zero-order valence-electron chi connectivity index (χ0n) is 12.8. The number of amides is 1. The second-order valence-electron chi connectivity index (χ2n) is 4.65. The van der Waals surface area contributed by atoms with E-state index >= 15 is 0 Å². The lowest BCUT2D eigenvalue weighted by Gasteiger charge is -2.14. The first-order valence-corrected chi connectivity index (χ1v) is 7.46. The van der Waals surface area contributed by atoms with Crippen LogP contribution >= 0.6 is 23.8 Å². The number of thiocarbonyl (C=S) groups is 1. The number of carbonyl (C=O) groups excluding carboxylic acids is 1. The third kappa shape index (κ3) is 2.76. The molecular weight excluding hydrogens is 324 g/mol. The molecule has 0 bridgehead atoms. The fourth-order valence-electron chi connectivity index (χ4n) is 2.22. The van der Waals surface area contributed by atoms with Crippen molar-refractivity contribution in [2.75, 3.05) is 27.8 Å². The zero-order valence-corrected chi connectivity index (χ0v) is 14.4. The van der Waals surface area contributed by atoms with Crippen LogP contribution in [0, 0.1) is 0 Å². The Morgan fingerprint density at radius 2 is 1.86 bits per heavy atom. The Kier molecular flexibility index (Phi) is 4.93. The molecule has 2 rings (SSSR count). The third-order valence-electron chi connectivity index (χ3n) is 3.45. The smallest absolute Gasteiger partial charge is 0.276 e. The molecule has 5 nitrogen and oxygen atoms in total. The largest absolute Gasteiger partial charge is 0.493 e. The number of nitrogens with zero attached hydrogens (tertiary/aromatic N) is 2. The second-order valence-corrected chi connectivity index (χ2v) is 5.42. The summed E-state index contributed by atoms with van der Waals surface area (Å²) in [4.78, 5) is 15.6. The number of hydrogen-bond donors (Lipinski definition) is 0. The van der Waals surface area contributed by atoms with Gasteiger partial charge < -0.3 is 14.4 Å². The Morgan fingerprint density at radius 1 is 1.27 bits per heavy atom. The van der Waals surface area contributed by atoms with E-state index in [2.05, 4.69) is 0 Å². The molecule has 0 spiro atoms. The number of carbonyl (C=O) groups is 1. The molecule has 1 aliphatic rings. The van der Waals surface area contributed by atoms with Gasteiger partial charge in [0.1, 0.15) is 5.70 Å². The molecule has 0 saturated carbocycles. The molecule has 118 valence electrons. The molecule has 0 atom stereocenters. The standard InChI is InChI=1S/C15H17ClN2O3S/c1-5-18-14(19)11(17(2)15(18)22)6-9-7-12(20-3)13(21-4)8-10(9)16/h6-8H,5H2,1-4H3. The van der Waals surface area contributed by atoms with Crippen molar-refractivity contribution in [3.8, 4) is 11.5 Å². The Bertz CT molecular complexity index is 660. The maximum atomic E-state index is 12.4. The number of likely N-dealkylation sites (N-methyl/N-ethyl adjacent to an activating group) is 2. The van der Waals surface area contributed by atoms with Gasteiger partial charge >= 0.3 is 0 Å². The predicted molar refractivity (Wildman–Crippen MR) is 90.3 cm³/mol. The summed E-state index contributed by atoms with van der Waals surface area (Å²) in [6, 6.07) is 3.38. The lowest BCUT2D eigenvalue weighted by Crippen LogP contribution is -2.30. The van der Waals surface area contributed by atoms with Gasteiger partial charge in [-0.15, -0.1) is 0 Å². The third-order valence-corrected chi connectivity index (χ3v) is 4.28. The summed E-state index contributed by atoms with van der Waals surface area (Å²) in [7, 11) is 4.85. The second kappa shape index (κ2) is 6.54. The monoisotopic (exact) mass is 340 g/mol. The van der Waals surface area contributed by atoms with E-state index in [1.165, 1.54) is 12.0 Å². The van der Waals surface area contributed by atoms with Crippen molar-refractivity contribution in [1.29, 1.82) is 0 Å². The van der Waals surface area contributed by atoms with Crippen molar-refractivity contribution in [3.63, 3.8) is 0 Å². The normalized spacial score (nSPS) is 16.7. The minimum Gasteiger partial charge on any atom is -0.493 e. The van der Waals surface area contributed by atoms with E-state index in [4.69, 9.17) is 33.3 Å². The van der Waals surface area contributed by atoms with Gasteiger partial charge in [-0.25, -0.2) is 0 Å². The van der Waals surface area contributed by atoms with Gasteiger partial charge in [-0.1, -0.05) is 11.6 Å². The van der Waals surface area contributed by atoms with Crippen LogP contribution in [0.5, 0.6) is 11.5 Å². The number of benzene rings is 1. The van der Waals surface area contributed by atoms with Gasteiger partial charge in [-0.2, -0.15) is 0 Å². The molecule has 7 heteroatoms. The number of hydrogen-bond acceptors (Lipinski definition) is 4. The van der Waals surface area contributed by atoms with Crippen molar-refractivity contribution in [3.05, 3.63) is 28.4 Å². The highest BCUT2D eigenvalue weighted by Crippen LogP contribution is 2.35. The highest BCUT2D eigenvalue weighted by Gasteiger charge is 2.34. The molecule has 1 amide bonds. The number of methoxy groups -OCH3 is 2. The Morgan fingerprint density at radius 3 is 2.36 bits per heavy atom. The highest BCUT2D eigenvalue weighted by molar-refractivity contribution is 7.80. The Hall–Kier alpha value is -1.79. The lowest BCUT2D eigenvalue weighted by atomic mass is 10.1. The molecule has 0 unspecified atom stereocenters. The summed E-state index contributed by atoms with van der Waals surface area (Å²) in [6.45, 7) is 2.41. The maximum Gasteiger partial charge on any atom is 0.276 e. The van der Waals surface area contributed by atoms with Crippen LogP contribution in [0.15, 0.2) is 17.8 Å². The van der Waals surface area contributed by atoms with Gasteiger partial charge in [-0.3, -0.25) is 9.69 Å². The quantitative estimate of drug-likeness (QED) is 0.623. The summed E-state index contributed by atoms with van der Waals surface area (Å²) in [5.41, 5.74) is 1.14. The summed E-state index contributed by atoms with van der Waals surface area (Å²) < 4.78 is 10.5. The van der Waals surface area contributed by atoms with Gasteiger partial charge in [0.15, 0.2) is 16.6 Å². The fraction of sp³-hybridized carbons (Fsp3) is 0.333. The summed E-state index contributed by atoms with van der Waals surface area (Å²) in [5.74, 6) is 0.939. The SMILES string of the molecule is CCN1C(=O)C(=Cc2cc(OC)c(OC)cc2Cl)N(C)C1=S. The van der Waals surface area contributed by atoms with Crippen molar-refractivity contribution in [2.24, 2.45) is 0 Å². The molecule has 1 aromatic carbocycles. The van der Waals surface area contributed by atoms with E-state index < -0.39 is 0 Å². The number of ether oxygens (including phenoxy) is 2. The molecule has 1 saturated heterocycles. The maximum absolute atomic E-state index is 12.4. The van der Waals surface area contributed by atoms with Crippen LogP contribution in [0.3, 0.4) is 0 Å². The van der Waals surface area contributed by atoms with Crippen LogP contribution in [0.1, 0.15) is 12.5 Å². The minimum absolute atomic E-state index is 0.138. The predicted octanol–water partition coefficient (Wildman–Crippen LogP) is 2.78. The van der Waals surface area contributed by atoms with Gasteiger partial charge in [0.25, 0.3) is 5.91 Å². The van der Waals surface area contributed by atoms with Gasteiger partial charge in [0.05, 0.1) is 19.2 Å². The van der Waals surface area contributed by atoms with Crippen molar-refractivity contribution in [1.82, 2.24) is 9.80 Å². The molecule has 0 aromatic heterocycles. The summed E-state index contributed by atoms with van der Waals surface area (Å²) >= 11 is 11.5. The molecule has 1 heterocycles. The topological polar surface area (TPSA) is 42.0 Å². The first-order valence-electron chi connectivity index (χ1n) is 6.67. The van der Waals surface area contributed by atoms with Crippen molar-refractivity contribution in [2.45, 2.75) is 6.92 Å². The van der Waals surface area contributed by atoms with Crippen LogP contribution in [-0.4, -0.2) is 48.6 Å². The molecule has 0 N–H and O–H groups in total. The molecule has 1 fully saturated rings. The van der Waals surface area contributed by atoms with Crippen LogP contribution < -0.4 is 9.47 Å². The van der Waals surface area contributed by atoms with Gasteiger partial charge in [0.2, 0.25) is 0 Å². The number of rotatable bonds is 4. The molecule has 0 aliphatic carbocycles. The van der Waals surface area contributed by atoms with Crippen molar-refractivity contribution < 1.29 is 14.3 Å². The lowest BCUT2D eigenvalue weighted by molar-refractivity contribution is -0.122. The van der Waals surface area contributed by atoms with Crippen LogP contribution in [0.25, 0.3) is 6.08 Å². The molecule has 1 aromatic rings. The van der Waals surface area contributed by atoms with E-state index in [1.54, 1.807) is 37.3 Å². The van der Waals surface area contributed by atoms with E-state index in [-0.39, 0.29) is 5.91 Å². The molecule has 22 heavy (non-hydrogen) atoms. The number of halogens is 1. The van der Waals surface area contributed by atoms with E-state index in [0.29, 0.717) is 39.4 Å². The van der Waals surface area contributed by atoms with Crippen LogP contribution in [0.4, 0.5) is 0 Å². The molecular formula is C15H17ClN2O3S. The Labute approximate surface area is 140 Å². The average molecular weight is 341 g/mol. The van der Waals surface area contributed by atoms with Crippen LogP contribution in [0.2, 0.25) is 5.02 Å². The first kappa shape index (κ1) is 16.6.